The van der Waals surface area contributed by atoms with Crippen molar-refractivity contribution in [1.29, 1.82) is 0 Å². The van der Waals surface area contributed by atoms with Crippen molar-refractivity contribution in [2.45, 2.75) is 71.0 Å². The van der Waals surface area contributed by atoms with Crippen LogP contribution >= 0.6 is 0 Å². The predicted molar refractivity (Wildman–Crippen MR) is 82.9 cm³/mol. The van der Waals surface area contributed by atoms with Gasteiger partial charge in [-0.05, 0) is 46.2 Å². The van der Waals surface area contributed by atoms with Crippen LogP contribution in [0.3, 0.4) is 0 Å². The largest absolute Gasteiger partial charge is 0.302 e. The lowest BCUT2D eigenvalue weighted by Crippen LogP contribution is -2.49. The van der Waals surface area contributed by atoms with Crippen molar-refractivity contribution in [3.8, 4) is 0 Å². The Labute approximate surface area is 128 Å². The number of carbonyl (C=O) groups is 2. The number of likely N-dealkylation sites (tertiary alicyclic amines) is 2. The van der Waals surface area contributed by atoms with Gasteiger partial charge in [-0.2, -0.15) is 0 Å². The Morgan fingerprint density at radius 1 is 1.19 bits per heavy atom. The third-order valence-corrected chi connectivity index (χ3v) is 4.68. The highest BCUT2D eigenvalue weighted by atomic mass is 16.2. The Bertz CT molecular complexity index is 380. The molecule has 2 aliphatic rings. The summed E-state index contributed by atoms with van der Waals surface area (Å²) < 4.78 is 0. The highest BCUT2D eigenvalue weighted by Crippen LogP contribution is 2.18. The normalized spacial score (nSPS) is 27.2. The van der Waals surface area contributed by atoms with Gasteiger partial charge in [-0.3, -0.25) is 14.5 Å². The van der Waals surface area contributed by atoms with Crippen LogP contribution < -0.4 is 5.32 Å². The third kappa shape index (κ3) is 4.04. The summed E-state index contributed by atoms with van der Waals surface area (Å²) in [6.45, 7) is 9.32. The zero-order valence-corrected chi connectivity index (χ0v) is 13.6. The van der Waals surface area contributed by atoms with Crippen LogP contribution in [0.2, 0.25) is 0 Å². The smallest absolute Gasteiger partial charge is 0.247 e. The minimum Gasteiger partial charge on any atom is -0.302 e. The van der Waals surface area contributed by atoms with Crippen molar-refractivity contribution < 1.29 is 9.59 Å². The molecule has 1 N–H and O–H groups in total. The Kier molecular flexibility index (Phi) is 5.76. The monoisotopic (exact) mass is 295 g/mol. The van der Waals surface area contributed by atoms with Gasteiger partial charge in [-0.15, -0.1) is 0 Å². The van der Waals surface area contributed by atoms with E-state index in [4.69, 9.17) is 0 Å². The molecule has 2 fully saturated rings. The average Bonchev–Trinajstić information content (AvgIpc) is 2.73. The number of hydrogen-bond acceptors (Lipinski definition) is 4. The lowest BCUT2D eigenvalue weighted by Gasteiger charge is -2.30. The maximum atomic E-state index is 12.4. The van der Waals surface area contributed by atoms with E-state index in [1.54, 1.807) is 0 Å². The van der Waals surface area contributed by atoms with Crippen molar-refractivity contribution in [3.63, 3.8) is 0 Å². The lowest BCUT2D eigenvalue weighted by molar-refractivity contribution is -0.141. The van der Waals surface area contributed by atoms with Crippen LogP contribution in [-0.4, -0.2) is 59.4 Å². The zero-order chi connectivity index (χ0) is 15.4. The lowest BCUT2D eigenvalue weighted by atomic mass is 10.1. The highest BCUT2D eigenvalue weighted by Gasteiger charge is 2.40. The van der Waals surface area contributed by atoms with E-state index in [2.05, 4.69) is 17.1 Å². The summed E-state index contributed by atoms with van der Waals surface area (Å²) in [4.78, 5) is 28.3. The van der Waals surface area contributed by atoms with Gasteiger partial charge in [0.05, 0.1) is 12.5 Å². The molecular formula is C16H29N3O2. The van der Waals surface area contributed by atoms with Crippen LogP contribution in [0, 0.1) is 0 Å². The molecule has 5 nitrogen and oxygen atoms in total. The van der Waals surface area contributed by atoms with Crippen LogP contribution in [0.25, 0.3) is 0 Å². The van der Waals surface area contributed by atoms with Gasteiger partial charge in [0.2, 0.25) is 11.8 Å². The van der Waals surface area contributed by atoms with Crippen molar-refractivity contribution in [3.05, 3.63) is 0 Å². The molecule has 5 heteroatoms. The second kappa shape index (κ2) is 7.36. The van der Waals surface area contributed by atoms with Gasteiger partial charge in [0.15, 0.2) is 0 Å². The van der Waals surface area contributed by atoms with E-state index in [-0.39, 0.29) is 29.9 Å². The zero-order valence-electron chi connectivity index (χ0n) is 13.6. The highest BCUT2D eigenvalue weighted by molar-refractivity contribution is 6.05. The molecular weight excluding hydrogens is 266 g/mol. The summed E-state index contributed by atoms with van der Waals surface area (Å²) in [5.41, 5.74) is 0. The van der Waals surface area contributed by atoms with E-state index >= 15 is 0 Å². The summed E-state index contributed by atoms with van der Waals surface area (Å²) >= 11 is 0. The fraction of sp³-hybridized carbons (Fsp3) is 0.875. The number of carbonyl (C=O) groups excluding carboxylic acids is 2. The first-order valence-electron chi connectivity index (χ1n) is 8.37. The molecule has 3 atom stereocenters. The van der Waals surface area contributed by atoms with Gasteiger partial charge >= 0.3 is 0 Å². The van der Waals surface area contributed by atoms with E-state index in [0.717, 1.165) is 26.1 Å². The van der Waals surface area contributed by atoms with Crippen molar-refractivity contribution in [2.75, 3.05) is 19.6 Å². The molecule has 0 radical (unpaired) electrons. The summed E-state index contributed by atoms with van der Waals surface area (Å²) in [5, 5.41) is 3.36. The molecule has 21 heavy (non-hydrogen) atoms. The minimum atomic E-state index is -0.328. The standard InChI is InChI=1S/C16H29N3O2/c1-4-13(3)19-15(20)10-14(16(19)21)17-12(2)11-18-8-6-5-7-9-18/h12-14,17H,4-11H2,1-3H3. The van der Waals surface area contributed by atoms with Gasteiger partial charge < -0.3 is 10.2 Å². The van der Waals surface area contributed by atoms with E-state index in [9.17, 15) is 9.59 Å². The van der Waals surface area contributed by atoms with Gasteiger partial charge in [0.1, 0.15) is 0 Å². The second-order valence-corrected chi connectivity index (χ2v) is 6.54. The molecule has 0 aromatic heterocycles. The SMILES string of the molecule is CCC(C)N1C(=O)CC(NC(C)CN2CCCCC2)C1=O. The number of nitrogens with one attached hydrogen (secondary N) is 1. The van der Waals surface area contributed by atoms with Crippen LogP contribution in [-0.2, 0) is 9.59 Å². The molecule has 2 aliphatic heterocycles. The van der Waals surface area contributed by atoms with E-state index < -0.39 is 0 Å². The van der Waals surface area contributed by atoms with Crippen molar-refractivity contribution in [1.82, 2.24) is 15.1 Å². The van der Waals surface area contributed by atoms with Gasteiger partial charge in [-0.1, -0.05) is 13.3 Å². The van der Waals surface area contributed by atoms with E-state index in [0.29, 0.717) is 6.42 Å². The quantitative estimate of drug-likeness (QED) is 0.752. The van der Waals surface area contributed by atoms with Crippen molar-refractivity contribution >= 4 is 11.8 Å². The fourth-order valence-corrected chi connectivity index (χ4v) is 3.35. The number of amides is 2. The Hall–Kier alpha value is -0.940. The number of imide groups is 1. The van der Waals surface area contributed by atoms with Gasteiger partial charge in [-0.25, -0.2) is 0 Å². The first kappa shape index (κ1) is 16.4. The first-order valence-corrected chi connectivity index (χ1v) is 8.37. The second-order valence-electron chi connectivity index (χ2n) is 6.54. The number of nitrogens with zero attached hydrogens (tertiary/aromatic N) is 2. The molecule has 0 aliphatic carbocycles. The van der Waals surface area contributed by atoms with Crippen LogP contribution in [0.5, 0.6) is 0 Å². The molecule has 0 bridgehead atoms. The topological polar surface area (TPSA) is 52.7 Å². The molecule has 3 unspecified atom stereocenters. The van der Waals surface area contributed by atoms with Crippen LogP contribution in [0.1, 0.15) is 52.9 Å². The maximum Gasteiger partial charge on any atom is 0.247 e. The van der Waals surface area contributed by atoms with E-state index in [1.165, 1.54) is 24.2 Å². The van der Waals surface area contributed by atoms with Gasteiger partial charge in [0, 0.05) is 18.6 Å². The van der Waals surface area contributed by atoms with E-state index in [1.807, 2.05) is 13.8 Å². The molecule has 0 aromatic carbocycles. The predicted octanol–water partition coefficient (Wildman–Crippen LogP) is 1.38. The Balaban J connectivity index is 1.85. The maximum absolute atomic E-state index is 12.4. The molecule has 2 saturated heterocycles. The molecule has 2 rings (SSSR count). The van der Waals surface area contributed by atoms with Gasteiger partial charge in [0.25, 0.3) is 0 Å². The Morgan fingerprint density at radius 3 is 2.48 bits per heavy atom. The Morgan fingerprint density at radius 2 is 1.86 bits per heavy atom. The molecule has 0 saturated carbocycles. The first-order chi connectivity index (χ1) is 10.0. The van der Waals surface area contributed by atoms with Crippen LogP contribution in [0.4, 0.5) is 0 Å². The minimum absolute atomic E-state index is 0.00852. The fourth-order valence-electron chi connectivity index (χ4n) is 3.35. The third-order valence-electron chi connectivity index (χ3n) is 4.68. The molecule has 2 heterocycles. The summed E-state index contributed by atoms with van der Waals surface area (Å²) in [6.07, 6.45) is 5.00. The number of piperidine rings is 1. The molecule has 2 amide bonds. The number of rotatable bonds is 6. The molecule has 120 valence electrons. The molecule has 0 aromatic rings. The number of hydrogen-bond donors (Lipinski definition) is 1. The summed E-state index contributed by atoms with van der Waals surface area (Å²) in [7, 11) is 0. The summed E-state index contributed by atoms with van der Waals surface area (Å²) in [5.74, 6) is -0.0723. The molecule has 0 spiro atoms. The van der Waals surface area contributed by atoms with Crippen molar-refractivity contribution in [2.24, 2.45) is 0 Å². The average molecular weight is 295 g/mol. The summed E-state index contributed by atoms with van der Waals surface area (Å²) in [6, 6.07) is -0.0813. The van der Waals surface area contributed by atoms with Crippen LogP contribution in [0.15, 0.2) is 0 Å².